The van der Waals surface area contributed by atoms with Gasteiger partial charge in [0.15, 0.2) is 0 Å². The Balaban J connectivity index is 1.53. The predicted molar refractivity (Wildman–Crippen MR) is 143 cm³/mol. The third-order valence-corrected chi connectivity index (χ3v) is 6.63. The summed E-state index contributed by atoms with van der Waals surface area (Å²) < 4.78 is 32.7. The molecular formula is C31H38FNO3. The molecule has 2 unspecified atom stereocenters. The maximum atomic E-state index is 13.6. The minimum absolute atomic E-state index is 0.114. The number of anilines is 1. The summed E-state index contributed by atoms with van der Waals surface area (Å²) in [7, 11) is 0. The number of halogens is 1. The first-order valence-corrected chi connectivity index (χ1v) is 12.7. The standard InChI is InChI=1S/C31H38FNO3/c1-7-34-28-26-18-25(33-19-22-9-8-10-24(32)17-22)15-16-27(26)36-31(5,6)29(28)35-20-21-11-13-23(14-12-21)30(2,3)4/h8-18,28-29,33H,7,19-20H2,1-6H3. The summed E-state index contributed by atoms with van der Waals surface area (Å²) in [6.45, 7) is 14.3. The van der Waals surface area contributed by atoms with Gasteiger partial charge in [0.1, 0.15) is 29.4 Å². The number of fused-ring (bicyclic) bond motifs is 1. The van der Waals surface area contributed by atoms with Gasteiger partial charge in [-0.05, 0) is 73.2 Å². The van der Waals surface area contributed by atoms with Crippen molar-refractivity contribution >= 4 is 5.69 Å². The number of nitrogens with one attached hydrogen (secondary N) is 1. The second kappa shape index (κ2) is 10.6. The van der Waals surface area contributed by atoms with E-state index in [1.807, 2.05) is 39.0 Å². The number of ether oxygens (including phenoxy) is 3. The van der Waals surface area contributed by atoms with Crippen molar-refractivity contribution < 1.29 is 18.6 Å². The molecule has 0 aromatic heterocycles. The van der Waals surface area contributed by atoms with E-state index in [1.165, 1.54) is 17.7 Å². The molecule has 4 rings (SSSR count). The Kier molecular flexibility index (Phi) is 7.72. The van der Waals surface area contributed by atoms with Gasteiger partial charge in [0.05, 0.1) is 6.61 Å². The zero-order chi connectivity index (χ0) is 25.9. The van der Waals surface area contributed by atoms with E-state index in [2.05, 4.69) is 56.4 Å². The van der Waals surface area contributed by atoms with E-state index in [4.69, 9.17) is 14.2 Å². The van der Waals surface area contributed by atoms with Crippen LogP contribution < -0.4 is 10.1 Å². The molecule has 0 fully saturated rings. The van der Waals surface area contributed by atoms with Gasteiger partial charge in [-0.15, -0.1) is 0 Å². The lowest BCUT2D eigenvalue weighted by molar-refractivity contribution is -0.165. The van der Waals surface area contributed by atoms with Crippen molar-refractivity contribution in [3.8, 4) is 5.75 Å². The Morgan fingerprint density at radius 2 is 1.69 bits per heavy atom. The van der Waals surface area contributed by atoms with Crippen molar-refractivity contribution in [2.45, 2.75) is 77.9 Å². The highest BCUT2D eigenvalue weighted by Gasteiger charge is 2.45. The van der Waals surface area contributed by atoms with Crippen molar-refractivity contribution in [2.75, 3.05) is 11.9 Å². The zero-order valence-electron chi connectivity index (χ0n) is 22.2. The summed E-state index contributed by atoms with van der Waals surface area (Å²) in [6.07, 6.45) is -0.579. The monoisotopic (exact) mass is 491 g/mol. The van der Waals surface area contributed by atoms with Gasteiger partial charge in [0.2, 0.25) is 0 Å². The van der Waals surface area contributed by atoms with Gasteiger partial charge < -0.3 is 19.5 Å². The smallest absolute Gasteiger partial charge is 0.132 e. The molecule has 1 aliphatic rings. The molecule has 5 heteroatoms. The van der Waals surface area contributed by atoms with Crippen LogP contribution in [0.15, 0.2) is 66.7 Å². The summed E-state index contributed by atoms with van der Waals surface area (Å²) in [5.74, 6) is 0.559. The van der Waals surface area contributed by atoms with Gasteiger partial charge in [-0.3, -0.25) is 0 Å². The zero-order valence-corrected chi connectivity index (χ0v) is 22.2. The minimum atomic E-state index is -0.575. The Morgan fingerprint density at radius 3 is 2.36 bits per heavy atom. The fourth-order valence-corrected chi connectivity index (χ4v) is 4.63. The summed E-state index contributed by atoms with van der Waals surface area (Å²) in [5.41, 5.74) is 4.70. The average Bonchev–Trinajstić information content (AvgIpc) is 2.82. The molecule has 0 amide bonds. The van der Waals surface area contributed by atoms with E-state index in [9.17, 15) is 4.39 Å². The predicted octanol–water partition coefficient (Wildman–Crippen LogP) is 7.57. The molecule has 4 nitrogen and oxygen atoms in total. The van der Waals surface area contributed by atoms with E-state index < -0.39 is 5.60 Å². The Hall–Kier alpha value is -2.89. The summed E-state index contributed by atoms with van der Waals surface area (Å²) in [5, 5.41) is 3.39. The second-order valence-electron chi connectivity index (χ2n) is 11.0. The van der Waals surface area contributed by atoms with Gasteiger partial charge in [0.25, 0.3) is 0 Å². The lowest BCUT2D eigenvalue weighted by atomic mass is 9.86. The van der Waals surface area contributed by atoms with Gasteiger partial charge in [-0.2, -0.15) is 0 Å². The van der Waals surface area contributed by atoms with E-state index in [-0.39, 0.29) is 23.4 Å². The van der Waals surface area contributed by atoms with Crippen molar-refractivity contribution in [1.29, 1.82) is 0 Å². The number of hydrogen-bond donors (Lipinski definition) is 1. The molecule has 0 spiro atoms. The number of hydrogen-bond acceptors (Lipinski definition) is 4. The van der Waals surface area contributed by atoms with Crippen molar-refractivity contribution in [1.82, 2.24) is 0 Å². The van der Waals surface area contributed by atoms with Crippen molar-refractivity contribution in [3.05, 3.63) is 94.8 Å². The lowest BCUT2D eigenvalue weighted by Crippen LogP contribution is -2.51. The van der Waals surface area contributed by atoms with Gasteiger partial charge >= 0.3 is 0 Å². The normalized spacial score (nSPS) is 18.9. The molecule has 0 bridgehead atoms. The first-order valence-electron chi connectivity index (χ1n) is 12.7. The van der Waals surface area contributed by atoms with E-state index in [1.54, 1.807) is 6.07 Å². The molecular weight excluding hydrogens is 453 g/mol. The Labute approximate surface area is 214 Å². The van der Waals surface area contributed by atoms with E-state index >= 15 is 0 Å². The topological polar surface area (TPSA) is 39.7 Å². The van der Waals surface area contributed by atoms with Crippen LogP contribution in [-0.4, -0.2) is 18.3 Å². The van der Waals surface area contributed by atoms with Crippen LogP contribution >= 0.6 is 0 Å². The SMILES string of the molecule is CCOC1c2cc(NCc3cccc(F)c3)ccc2OC(C)(C)C1OCc1ccc(C(C)(C)C)cc1. The average molecular weight is 492 g/mol. The molecule has 0 radical (unpaired) electrons. The highest BCUT2D eigenvalue weighted by molar-refractivity contribution is 5.54. The molecule has 192 valence electrons. The molecule has 1 aliphatic heterocycles. The summed E-state index contributed by atoms with van der Waals surface area (Å²) in [6, 6.07) is 21.2. The third kappa shape index (κ3) is 6.08. The van der Waals surface area contributed by atoms with Crippen molar-refractivity contribution in [2.24, 2.45) is 0 Å². The summed E-state index contributed by atoms with van der Waals surface area (Å²) >= 11 is 0. The Morgan fingerprint density at radius 1 is 0.944 bits per heavy atom. The van der Waals surface area contributed by atoms with Gasteiger partial charge in [0, 0.05) is 24.4 Å². The fraction of sp³-hybridized carbons (Fsp3) is 0.419. The van der Waals surface area contributed by atoms with Crippen LogP contribution in [0.2, 0.25) is 0 Å². The number of rotatable bonds is 8. The highest BCUT2D eigenvalue weighted by atomic mass is 19.1. The molecule has 0 saturated carbocycles. The second-order valence-corrected chi connectivity index (χ2v) is 11.0. The molecule has 36 heavy (non-hydrogen) atoms. The van der Waals surface area contributed by atoms with Crippen LogP contribution in [0.25, 0.3) is 0 Å². The molecule has 2 atom stereocenters. The van der Waals surface area contributed by atoms with Crippen LogP contribution in [0.4, 0.5) is 10.1 Å². The van der Waals surface area contributed by atoms with E-state index in [0.717, 1.165) is 28.1 Å². The van der Waals surface area contributed by atoms with Gasteiger partial charge in [-0.1, -0.05) is 57.2 Å². The molecule has 1 N–H and O–H groups in total. The minimum Gasteiger partial charge on any atom is -0.485 e. The molecule has 0 saturated heterocycles. The van der Waals surface area contributed by atoms with Crippen LogP contribution in [0.5, 0.6) is 5.75 Å². The summed E-state index contributed by atoms with van der Waals surface area (Å²) in [4.78, 5) is 0. The third-order valence-electron chi connectivity index (χ3n) is 6.63. The van der Waals surface area contributed by atoms with Crippen LogP contribution in [0.3, 0.4) is 0 Å². The molecule has 1 heterocycles. The first kappa shape index (κ1) is 26.2. The van der Waals surface area contributed by atoms with Gasteiger partial charge in [-0.25, -0.2) is 4.39 Å². The maximum Gasteiger partial charge on any atom is 0.132 e. The van der Waals surface area contributed by atoms with Crippen LogP contribution in [0.1, 0.15) is 69.9 Å². The number of benzene rings is 3. The maximum absolute atomic E-state index is 13.6. The van der Waals surface area contributed by atoms with E-state index in [0.29, 0.717) is 19.8 Å². The molecule has 3 aromatic rings. The highest BCUT2D eigenvalue weighted by Crippen LogP contribution is 2.44. The fourth-order valence-electron chi connectivity index (χ4n) is 4.63. The van der Waals surface area contributed by atoms with Crippen LogP contribution in [-0.2, 0) is 28.0 Å². The first-order chi connectivity index (χ1) is 17.1. The molecule has 3 aromatic carbocycles. The quantitative estimate of drug-likeness (QED) is 0.353. The largest absolute Gasteiger partial charge is 0.485 e. The Bertz CT molecular complexity index is 1170. The lowest BCUT2D eigenvalue weighted by Gasteiger charge is -2.44. The van der Waals surface area contributed by atoms with Crippen molar-refractivity contribution in [3.63, 3.8) is 0 Å². The van der Waals surface area contributed by atoms with Crippen LogP contribution in [0, 0.1) is 5.82 Å². The molecule has 0 aliphatic carbocycles.